The fraction of sp³-hybridized carbons (Fsp3) is 0.400. The van der Waals surface area contributed by atoms with Crippen LogP contribution in [-0.2, 0) is 5.41 Å². The Bertz CT molecular complexity index is 542. The van der Waals surface area contributed by atoms with Crippen LogP contribution in [0.25, 0.3) is 0 Å². The molecule has 0 N–H and O–H groups in total. The Morgan fingerprint density at radius 3 is 2.00 bits per heavy atom. The highest BCUT2D eigenvalue weighted by molar-refractivity contribution is 5.44. The summed E-state index contributed by atoms with van der Waals surface area (Å²) in [5, 5.41) is 28.5. The van der Waals surface area contributed by atoms with Crippen molar-refractivity contribution in [1.29, 1.82) is 15.8 Å². The molecule has 88 valence electrons. The van der Waals surface area contributed by atoms with Gasteiger partial charge >= 0.3 is 0 Å². The Morgan fingerprint density at radius 1 is 0.833 bits per heavy atom. The Kier molecular flexibility index (Phi) is 3.05. The first kappa shape index (κ1) is 12.2. The summed E-state index contributed by atoms with van der Waals surface area (Å²) < 4.78 is 0. The van der Waals surface area contributed by atoms with Gasteiger partial charge in [0.1, 0.15) is 5.41 Å². The number of hydrogen-bond acceptors (Lipinski definition) is 3. The van der Waals surface area contributed by atoms with Crippen molar-refractivity contribution in [2.45, 2.75) is 31.1 Å². The normalized spacial score (nSPS) is 25.4. The van der Waals surface area contributed by atoms with Crippen molar-refractivity contribution in [1.82, 2.24) is 0 Å². The van der Waals surface area contributed by atoms with Gasteiger partial charge in [0.05, 0.1) is 18.2 Å². The fourth-order valence-corrected chi connectivity index (χ4v) is 2.86. The van der Waals surface area contributed by atoms with E-state index in [0.29, 0.717) is 12.8 Å². The van der Waals surface area contributed by atoms with E-state index in [1.807, 2.05) is 30.3 Å². The van der Waals surface area contributed by atoms with Gasteiger partial charge in [0.2, 0.25) is 0 Å². The number of benzene rings is 1. The van der Waals surface area contributed by atoms with E-state index >= 15 is 0 Å². The SMILES string of the molecule is N#CC1(C#N)CCCCC1(C#N)c1ccccc1. The minimum absolute atomic E-state index is 0.475. The molecule has 0 saturated heterocycles. The van der Waals surface area contributed by atoms with Gasteiger partial charge in [-0.3, -0.25) is 0 Å². The average Bonchev–Trinajstić information content (AvgIpc) is 2.47. The van der Waals surface area contributed by atoms with Gasteiger partial charge in [-0.2, -0.15) is 15.8 Å². The van der Waals surface area contributed by atoms with Gasteiger partial charge < -0.3 is 0 Å². The second kappa shape index (κ2) is 4.52. The molecule has 0 bridgehead atoms. The Labute approximate surface area is 107 Å². The van der Waals surface area contributed by atoms with Gasteiger partial charge in [-0.15, -0.1) is 0 Å². The monoisotopic (exact) mass is 235 g/mol. The summed E-state index contributed by atoms with van der Waals surface area (Å²) in [5.41, 5.74) is -1.42. The lowest BCUT2D eigenvalue weighted by Crippen LogP contribution is -2.45. The zero-order valence-electron chi connectivity index (χ0n) is 10.1. The molecule has 0 radical (unpaired) electrons. The van der Waals surface area contributed by atoms with Crippen molar-refractivity contribution in [3.05, 3.63) is 35.9 Å². The summed E-state index contributed by atoms with van der Waals surface area (Å²) in [6.45, 7) is 0. The van der Waals surface area contributed by atoms with Gasteiger partial charge in [-0.05, 0) is 18.4 Å². The molecular weight excluding hydrogens is 222 g/mol. The summed E-state index contributed by atoms with van der Waals surface area (Å²) in [6.07, 6.45) is 2.77. The van der Waals surface area contributed by atoms with Gasteiger partial charge in [0.15, 0.2) is 5.41 Å². The van der Waals surface area contributed by atoms with Crippen LogP contribution >= 0.6 is 0 Å². The molecule has 0 aromatic heterocycles. The molecule has 1 aromatic carbocycles. The van der Waals surface area contributed by atoms with Crippen LogP contribution in [0.1, 0.15) is 31.2 Å². The van der Waals surface area contributed by atoms with Crippen LogP contribution in [0.3, 0.4) is 0 Å². The van der Waals surface area contributed by atoms with E-state index in [2.05, 4.69) is 18.2 Å². The van der Waals surface area contributed by atoms with Crippen LogP contribution in [0, 0.1) is 39.4 Å². The largest absolute Gasteiger partial charge is 0.197 e. The maximum absolute atomic E-state index is 9.64. The zero-order chi connectivity index (χ0) is 13.1. The minimum atomic E-state index is -1.22. The predicted molar refractivity (Wildman–Crippen MR) is 65.9 cm³/mol. The maximum atomic E-state index is 9.64. The molecule has 1 unspecified atom stereocenters. The predicted octanol–water partition coefficient (Wildman–Crippen LogP) is 3.06. The first-order valence-electron chi connectivity index (χ1n) is 6.04. The lowest BCUT2D eigenvalue weighted by atomic mass is 9.55. The highest BCUT2D eigenvalue weighted by Gasteiger charge is 2.55. The second-order valence-electron chi connectivity index (χ2n) is 4.72. The summed E-state index contributed by atoms with van der Waals surface area (Å²) in [6, 6.07) is 15.8. The number of nitrogens with zero attached hydrogens (tertiary/aromatic N) is 3. The number of rotatable bonds is 1. The molecule has 2 rings (SSSR count). The first-order chi connectivity index (χ1) is 8.74. The summed E-state index contributed by atoms with van der Waals surface area (Å²) >= 11 is 0. The molecule has 18 heavy (non-hydrogen) atoms. The molecule has 0 amide bonds. The second-order valence-corrected chi connectivity index (χ2v) is 4.72. The molecule has 1 saturated carbocycles. The molecule has 0 aliphatic heterocycles. The Balaban J connectivity index is 2.66. The van der Waals surface area contributed by atoms with Crippen molar-refractivity contribution in [2.24, 2.45) is 5.41 Å². The minimum Gasteiger partial charge on any atom is -0.197 e. The quantitative estimate of drug-likeness (QED) is 0.751. The van der Waals surface area contributed by atoms with Crippen molar-refractivity contribution < 1.29 is 0 Å². The third kappa shape index (κ3) is 1.47. The third-order valence-electron chi connectivity index (χ3n) is 3.92. The summed E-state index contributed by atoms with van der Waals surface area (Å²) in [5.74, 6) is 0. The van der Waals surface area contributed by atoms with E-state index in [1.165, 1.54) is 0 Å². The molecule has 1 fully saturated rings. The summed E-state index contributed by atoms with van der Waals surface area (Å²) in [7, 11) is 0. The van der Waals surface area contributed by atoms with Crippen LogP contribution < -0.4 is 0 Å². The van der Waals surface area contributed by atoms with Crippen LogP contribution in [0.5, 0.6) is 0 Å². The zero-order valence-corrected chi connectivity index (χ0v) is 10.1. The molecule has 1 aromatic rings. The van der Waals surface area contributed by atoms with Crippen molar-refractivity contribution in [2.75, 3.05) is 0 Å². The van der Waals surface area contributed by atoms with Gasteiger partial charge in [0.25, 0.3) is 0 Å². The van der Waals surface area contributed by atoms with Crippen molar-refractivity contribution in [3.8, 4) is 18.2 Å². The molecule has 0 heterocycles. The fourth-order valence-electron chi connectivity index (χ4n) is 2.86. The Hall–Kier alpha value is -2.31. The lowest BCUT2D eigenvalue weighted by Gasteiger charge is -2.41. The lowest BCUT2D eigenvalue weighted by molar-refractivity contribution is 0.225. The molecule has 3 nitrogen and oxygen atoms in total. The van der Waals surface area contributed by atoms with Crippen molar-refractivity contribution in [3.63, 3.8) is 0 Å². The topological polar surface area (TPSA) is 71.4 Å². The highest BCUT2D eigenvalue weighted by Crippen LogP contribution is 2.51. The molecule has 0 spiro atoms. The van der Waals surface area contributed by atoms with E-state index < -0.39 is 10.8 Å². The third-order valence-corrected chi connectivity index (χ3v) is 3.92. The van der Waals surface area contributed by atoms with Crippen LogP contribution in [0.4, 0.5) is 0 Å². The first-order valence-corrected chi connectivity index (χ1v) is 6.04. The molecule has 1 aliphatic rings. The van der Waals surface area contributed by atoms with Gasteiger partial charge in [0, 0.05) is 0 Å². The maximum Gasteiger partial charge on any atom is 0.166 e. The van der Waals surface area contributed by atoms with Crippen LogP contribution in [0.2, 0.25) is 0 Å². The molecule has 1 atom stereocenters. The standard InChI is InChI=1S/C15H13N3/c16-10-14(11-17)8-4-5-9-15(14,12-18)13-6-2-1-3-7-13/h1-3,6-7H,4-5,8-9H2. The number of nitriles is 3. The van der Waals surface area contributed by atoms with E-state index in [1.54, 1.807) is 0 Å². The van der Waals surface area contributed by atoms with E-state index in [-0.39, 0.29) is 0 Å². The number of hydrogen-bond donors (Lipinski definition) is 0. The van der Waals surface area contributed by atoms with Crippen LogP contribution in [-0.4, -0.2) is 0 Å². The smallest absolute Gasteiger partial charge is 0.166 e. The van der Waals surface area contributed by atoms with Gasteiger partial charge in [-0.1, -0.05) is 43.2 Å². The van der Waals surface area contributed by atoms with Gasteiger partial charge in [-0.25, -0.2) is 0 Å². The highest BCUT2D eigenvalue weighted by atomic mass is 14.6. The Morgan fingerprint density at radius 2 is 1.44 bits per heavy atom. The van der Waals surface area contributed by atoms with E-state index in [4.69, 9.17) is 0 Å². The molecule has 1 aliphatic carbocycles. The summed E-state index contributed by atoms with van der Waals surface area (Å²) in [4.78, 5) is 0. The van der Waals surface area contributed by atoms with E-state index in [0.717, 1.165) is 18.4 Å². The average molecular weight is 235 g/mol. The van der Waals surface area contributed by atoms with Crippen LogP contribution in [0.15, 0.2) is 30.3 Å². The molecule has 3 heteroatoms. The molecular formula is C15H13N3. The van der Waals surface area contributed by atoms with Crippen molar-refractivity contribution >= 4 is 0 Å². The van der Waals surface area contributed by atoms with E-state index in [9.17, 15) is 15.8 Å².